The van der Waals surface area contributed by atoms with Gasteiger partial charge in [0.05, 0.1) is 39.9 Å². The van der Waals surface area contributed by atoms with Crippen LogP contribution in [0.4, 0.5) is 0 Å². The molecule has 0 aliphatic rings. The molecule has 0 spiro atoms. The van der Waals surface area contributed by atoms with Crippen LogP contribution in [0, 0.1) is 0 Å². The van der Waals surface area contributed by atoms with E-state index < -0.39 is 20.0 Å². The molecule has 3 unspecified atom stereocenters. The summed E-state index contributed by atoms with van der Waals surface area (Å²) in [6.07, 6.45) is 94.0. The highest BCUT2D eigenvalue weighted by atomic mass is 31.2. The molecule has 462 valence electrons. The number of carbonyl (C=O) groups excluding carboxylic acids is 1. The molecule has 0 aliphatic heterocycles. The Morgan fingerprint density at radius 3 is 1.09 bits per heavy atom. The average molecular weight is 1140 g/mol. The number of allylic oxidation sites excluding steroid dienone is 23. The molecule has 3 N–H and O–H groups in total. The topological polar surface area (TPSA) is 105 Å². The Labute approximate surface area is 499 Å². The Morgan fingerprint density at radius 1 is 0.432 bits per heavy atom. The number of quaternary nitrogens is 1. The number of nitrogens with one attached hydrogen (secondary N) is 1. The van der Waals surface area contributed by atoms with E-state index in [2.05, 4.69) is 153 Å². The number of amides is 1. The van der Waals surface area contributed by atoms with E-state index in [4.69, 9.17) is 9.05 Å². The summed E-state index contributed by atoms with van der Waals surface area (Å²) in [6, 6.07) is -0.877. The van der Waals surface area contributed by atoms with Gasteiger partial charge in [-0.3, -0.25) is 13.8 Å². The molecule has 0 aromatic rings. The molecule has 8 nitrogen and oxygen atoms in total. The normalized spacial score (nSPS) is 14.7. The molecule has 0 rings (SSSR count). The molecule has 0 radical (unpaired) electrons. The van der Waals surface area contributed by atoms with Crippen molar-refractivity contribution in [3.8, 4) is 0 Å². The van der Waals surface area contributed by atoms with Gasteiger partial charge in [-0.1, -0.05) is 288 Å². The number of unbranched alkanes of at least 4 members (excludes halogenated alkanes) is 23. The molecule has 0 saturated carbocycles. The van der Waals surface area contributed by atoms with Crippen molar-refractivity contribution in [1.82, 2.24) is 5.32 Å². The highest BCUT2D eigenvalue weighted by molar-refractivity contribution is 7.47. The van der Waals surface area contributed by atoms with Crippen LogP contribution in [0.15, 0.2) is 146 Å². The maximum atomic E-state index is 13.0. The third kappa shape index (κ3) is 63.8. The maximum Gasteiger partial charge on any atom is 0.472 e. The summed E-state index contributed by atoms with van der Waals surface area (Å²) >= 11 is 0. The van der Waals surface area contributed by atoms with Crippen LogP contribution in [0.5, 0.6) is 0 Å². The van der Waals surface area contributed by atoms with Gasteiger partial charge in [0.15, 0.2) is 0 Å². The summed E-state index contributed by atoms with van der Waals surface area (Å²) in [7, 11) is 1.53. The van der Waals surface area contributed by atoms with Crippen molar-refractivity contribution < 1.29 is 32.9 Å². The van der Waals surface area contributed by atoms with E-state index >= 15 is 0 Å². The van der Waals surface area contributed by atoms with Crippen LogP contribution >= 0.6 is 7.82 Å². The van der Waals surface area contributed by atoms with E-state index in [1.165, 1.54) is 116 Å². The molecule has 0 aliphatic carbocycles. The quantitative estimate of drug-likeness (QED) is 0.0243. The van der Waals surface area contributed by atoms with Crippen LogP contribution in [0.3, 0.4) is 0 Å². The van der Waals surface area contributed by atoms with E-state index in [1.807, 2.05) is 27.2 Å². The number of aliphatic hydroxyl groups is 1. The fraction of sp³-hybridized carbons (Fsp3) is 0.653. The molecule has 0 heterocycles. The Hall–Kier alpha value is -3.62. The first-order valence-electron chi connectivity index (χ1n) is 32.7. The summed E-state index contributed by atoms with van der Waals surface area (Å²) in [5.74, 6) is -0.213. The van der Waals surface area contributed by atoms with Gasteiger partial charge in [0.2, 0.25) is 5.91 Å². The van der Waals surface area contributed by atoms with Crippen LogP contribution < -0.4 is 5.32 Å². The summed E-state index contributed by atoms with van der Waals surface area (Å²) < 4.78 is 23.7. The van der Waals surface area contributed by atoms with E-state index in [9.17, 15) is 19.4 Å². The van der Waals surface area contributed by atoms with Crippen molar-refractivity contribution in [3.63, 3.8) is 0 Å². The van der Waals surface area contributed by atoms with E-state index in [1.54, 1.807) is 6.08 Å². The Kier molecular flexibility index (Phi) is 58.2. The Morgan fingerprint density at radius 2 is 0.741 bits per heavy atom. The summed E-state index contributed by atoms with van der Waals surface area (Å²) in [6.45, 7) is 4.68. The van der Waals surface area contributed by atoms with Crippen molar-refractivity contribution in [3.05, 3.63) is 146 Å². The molecule has 3 atom stereocenters. The standard InChI is InChI=1S/C72H123N2O6P/c1-6-8-10-12-14-16-18-20-22-24-26-28-30-31-32-33-34-35-36-37-38-39-40-41-42-43-44-46-48-50-52-54-56-58-60-62-64-66-72(76)73-70(69-80-81(77,78)79-68-67-74(3,4)5)71(75)65-63-61-59-57-55-53-51-49-47-45-29-27-25-23-21-19-17-15-13-11-9-7-2/h8,10,14,16,20,22,26,28,31-32,34-35,37-38,40-41,43-44,48,50,54,56,63,65,70-71,75H,6-7,9,11-13,15,17-19,21,23-25,27,29-30,33,36,39,42,45-47,49,51-53,55,57-62,64,66-69H2,1-5H3,(H-,73,76,77,78)/p+1/b10-8-,16-14-,22-20-,28-26-,32-31-,35-34-,38-37-,41-40-,44-43-,50-48-,56-54-,65-63+. The van der Waals surface area contributed by atoms with Crippen molar-refractivity contribution in [2.24, 2.45) is 0 Å². The second-order valence-electron chi connectivity index (χ2n) is 22.8. The number of phosphoric ester groups is 1. The first-order chi connectivity index (χ1) is 39.5. The number of likely N-dealkylation sites (N-methyl/N-ethyl adjacent to an activating group) is 1. The summed E-state index contributed by atoms with van der Waals surface area (Å²) in [4.78, 5) is 23.4. The molecule has 0 aromatic heterocycles. The smallest absolute Gasteiger partial charge is 0.387 e. The van der Waals surface area contributed by atoms with Crippen LogP contribution in [-0.4, -0.2) is 73.4 Å². The van der Waals surface area contributed by atoms with Gasteiger partial charge in [-0.15, -0.1) is 0 Å². The predicted molar refractivity (Wildman–Crippen MR) is 354 cm³/mol. The number of hydrogen-bond acceptors (Lipinski definition) is 5. The molecular formula is C72H124N2O6P+. The zero-order chi connectivity index (χ0) is 59.1. The van der Waals surface area contributed by atoms with Crippen molar-refractivity contribution >= 4 is 13.7 Å². The zero-order valence-electron chi connectivity index (χ0n) is 52.7. The molecule has 0 aromatic carbocycles. The van der Waals surface area contributed by atoms with Gasteiger partial charge in [-0.25, -0.2) is 4.57 Å². The lowest BCUT2D eigenvalue weighted by atomic mass is 10.0. The third-order valence-corrected chi connectivity index (χ3v) is 14.8. The first-order valence-corrected chi connectivity index (χ1v) is 34.2. The number of hydrogen-bond donors (Lipinski definition) is 3. The van der Waals surface area contributed by atoms with Gasteiger partial charge in [0, 0.05) is 6.42 Å². The predicted octanol–water partition coefficient (Wildman–Crippen LogP) is 20.8. The monoisotopic (exact) mass is 1140 g/mol. The minimum absolute atomic E-state index is 0.0472. The average Bonchev–Trinajstić information content (AvgIpc) is 3.43. The number of nitrogens with zero attached hydrogens (tertiary/aromatic N) is 1. The number of carbonyl (C=O) groups is 1. The minimum atomic E-state index is -4.37. The SMILES string of the molecule is CC/C=C\C/C=C\C/C=C\C/C=C\C/C=C\C/C=C\C/C=C\C/C=C\C/C=C\C/C=C\C/C=C\CCCCCC(=O)NC(COP(=O)(O)OCC[N+](C)(C)C)C(O)/C=C/CCCCCCCCCCCCCCCCCCCCCC. The Bertz CT molecular complexity index is 1830. The molecule has 9 heteroatoms. The fourth-order valence-electron chi connectivity index (χ4n) is 8.75. The van der Waals surface area contributed by atoms with Crippen LogP contribution in [0.2, 0.25) is 0 Å². The van der Waals surface area contributed by atoms with Crippen molar-refractivity contribution in [1.29, 1.82) is 0 Å². The first kappa shape index (κ1) is 77.4. The number of aliphatic hydroxyl groups excluding tert-OH is 1. The third-order valence-electron chi connectivity index (χ3n) is 13.8. The van der Waals surface area contributed by atoms with Gasteiger partial charge in [0.25, 0.3) is 0 Å². The highest BCUT2D eigenvalue weighted by Gasteiger charge is 2.27. The van der Waals surface area contributed by atoms with Crippen molar-refractivity contribution in [2.45, 2.75) is 264 Å². The van der Waals surface area contributed by atoms with E-state index in [0.717, 1.165) is 109 Å². The van der Waals surface area contributed by atoms with Crippen molar-refractivity contribution in [2.75, 3.05) is 40.9 Å². The molecule has 0 bridgehead atoms. The van der Waals surface area contributed by atoms with Gasteiger partial charge in [0.1, 0.15) is 13.2 Å². The lowest BCUT2D eigenvalue weighted by molar-refractivity contribution is -0.870. The maximum absolute atomic E-state index is 13.0. The number of phosphoric acid groups is 1. The Balaban J connectivity index is 4.27. The zero-order valence-corrected chi connectivity index (χ0v) is 53.6. The van der Waals surface area contributed by atoms with Crippen LogP contribution in [-0.2, 0) is 18.4 Å². The van der Waals surface area contributed by atoms with E-state index in [0.29, 0.717) is 23.9 Å². The van der Waals surface area contributed by atoms with Crippen LogP contribution in [0.25, 0.3) is 0 Å². The highest BCUT2D eigenvalue weighted by Crippen LogP contribution is 2.43. The fourth-order valence-corrected chi connectivity index (χ4v) is 9.49. The summed E-state index contributed by atoms with van der Waals surface area (Å²) in [5.41, 5.74) is 0. The van der Waals surface area contributed by atoms with Gasteiger partial charge in [-0.2, -0.15) is 0 Å². The largest absolute Gasteiger partial charge is 0.472 e. The summed E-state index contributed by atoms with van der Waals surface area (Å²) in [5, 5.41) is 14.0. The van der Waals surface area contributed by atoms with E-state index in [-0.39, 0.29) is 19.1 Å². The van der Waals surface area contributed by atoms with Crippen LogP contribution in [0.1, 0.15) is 251 Å². The molecule has 0 saturated heterocycles. The molecule has 81 heavy (non-hydrogen) atoms. The van der Waals surface area contributed by atoms with Gasteiger partial charge in [-0.05, 0) is 103 Å². The lowest BCUT2D eigenvalue weighted by Gasteiger charge is -2.25. The second-order valence-corrected chi connectivity index (χ2v) is 24.2. The minimum Gasteiger partial charge on any atom is -0.387 e. The van der Waals surface area contributed by atoms with Gasteiger partial charge >= 0.3 is 7.82 Å². The lowest BCUT2D eigenvalue weighted by Crippen LogP contribution is -2.45. The molecule has 1 amide bonds. The van der Waals surface area contributed by atoms with Gasteiger partial charge < -0.3 is 19.8 Å². The number of rotatable bonds is 58. The second kappa shape index (κ2) is 61.0. The molecule has 0 fully saturated rings. The molecular weight excluding hydrogens is 1020 g/mol.